The number of hydrogen-bond donors (Lipinski definition) is 2. The number of rotatable bonds is 5. The predicted octanol–water partition coefficient (Wildman–Crippen LogP) is 1.28. The Morgan fingerprint density at radius 1 is 1.43 bits per heavy atom. The van der Waals surface area contributed by atoms with Crippen LogP contribution < -0.4 is 10.6 Å². The molecule has 0 bridgehead atoms. The van der Waals surface area contributed by atoms with Crippen LogP contribution in [0.15, 0.2) is 42.7 Å². The second-order valence-corrected chi connectivity index (χ2v) is 5.49. The number of carbonyl (C=O) groups excluding carboxylic acids is 2. The van der Waals surface area contributed by atoms with Crippen molar-refractivity contribution in [2.75, 3.05) is 18.4 Å². The molecule has 0 aliphatic carbocycles. The van der Waals surface area contributed by atoms with E-state index in [4.69, 9.17) is 0 Å². The summed E-state index contributed by atoms with van der Waals surface area (Å²) in [7, 11) is 0. The molecular weight excluding hydrogens is 294 g/mol. The van der Waals surface area contributed by atoms with Crippen molar-refractivity contribution < 1.29 is 9.59 Å². The molecule has 120 valence electrons. The first-order valence-corrected chi connectivity index (χ1v) is 7.55. The molecule has 2 aromatic rings. The molecule has 1 aliphatic rings. The van der Waals surface area contributed by atoms with Crippen LogP contribution in [0.2, 0.25) is 0 Å². The summed E-state index contributed by atoms with van der Waals surface area (Å²) in [6.45, 7) is 3.35. The minimum absolute atomic E-state index is 0.225. The highest BCUT2D eigenvalue weighted by molar-refractivity contribution is 5.99. The van der Waals surface area contributed by atoms with Crippen LogP contribution in [0.1, 0.15) is 12.5 Å². The van der Waals surface area contributed by atoms with Gasteiger partial charge in [-0.1, -0.05) is 12.1 Å². The van der Waals surface area contributed by atoms with Crippen LogP contribution in [0.3, 0.4) is 0 Å². The Balaban J connectivity index is 1.65. The highest BCUT2D eigenvalue weighted by Crippen LogP contribution is 2.14. The molecule has 2 N–H and O–H groups in total. The zero-order valence-electron chi connectivity index (χ0n) is 12.9. The van der Waals surface area contributed by atoms with Crippen molar-refractivity contribution in [3.8, 4) is 0 Å². The summed E-state index contributed by atoms with van der Waals surface area (Å²) in [6, 6.07) is 8.91. The van der Waals surface area contributed by atoms with Crippen molar-refractivity contribution >= 4 is 17.6 Å². The van der Waals surface area contributed by atoms with E-state index in [0.717, 1.165) is 11.3 Å². The van der Waals surface area contributed by atoms with Crippen molar-refractivity contribution in [3.63, 3.8) is 0 Å². The third-order valence-corrected chi connectivity index (χ3v) is 3.71. The van der Waals surface area contributed by atoms with Gasteiger partial charge in [-0.15, -0.1) is 0 Å². The molecule has 1 atom stereocenters. The lowest BCUT2D eigenvalue weighted by atomic mass is 10.2. The van der Waals surface area contributed by atoms with Crippen LogP contribution in [0.4, 0.5) is 10.5 Å². The maximum Gasteiger partial charge on any atom is 0.324 e. The minimum atomic E-state index is -0.473. The van der Waals surface area contributed by atoms with E-state index in [1.807, 2.05) is 41.2 Å². The Bertz CT molecular complexity index is 698. The number of carbonyl (C=O) groups is 2. The Hall–Kier alpha value is -2.83. The van der Waals surface area contributed by atoms with Gasteiger partial charge in [-0.3, -0.25) is 14.4 Å². The summed E-state index contributed by atoms with van der Waals surface area (Å²) >= 11 is 0. The van der Waals surface area contributed by atoms with Crippen molar-refractivity contribution in [2.45, 2.75) is 19.5 Å². The van der Waals surface area contributed by atoms with Gasteiger partial charge in [-0.2, -0.15) is 5.10 Å². The zero-order chi connectivity index (χ0) is 16.2. The van der Waals surface area contributed by atoms with E-state index < -0.39 is 6.04 Å². The first-order chi connectivity index (χ1) is 11.1. The Morgan fingerprint density at radius 2 is 2.30 bits per heavy atom. The number of anilines is 1. The second-order valence-electron chi connectivity index (χ2n) is 5.49. The van der Waals surface area contributed by atoms with E-state index in [2.05, 4.69) is 15.7 Å². The highest BCUT2D eigenvalue weighted by atomic mass is 16.2. The molecule has 0 saturated carbocycles. The fourth-order valence-corrected chi connectivity index (χ4v) is 2.57. The summed E-state index contributed by atoms with van der Waals surface area (Å²) in [6.07, 6.45) is 3.64. The Kier molecular flexibility index (Phi) is 4.27. The monoisotopic (exact) mass is 313 g/mol. The number of hydrogen-bond acceptors (Lipinski definition) is 4. The van der Waals surface area contributed by atoms with E-state index in [9.17, 15) is 9.59 Å². The molecule has 23 heavy (non-hydrogen) atoms. The van der Waals surface area contributed by atoms with E-state index in [1.165, 1.54) is 4.90 Å². The van der Waals surface area contributed by atoms with Crippen LogP contribution in [0.25, 0.3) is 0 Å². The molecule has 0 radical (unpaired) electrons. The van der Waals surface area contributed by atoms with E-state index in [-0.39, 0.29) is 11.9 Å². The molecule has 0 spiro atoms. The molecule has 1 unspecified atom stereocenters. The van der Waals surface area contributed by atoms with E-state index in [1.54, 1.807) is 13.1 Å². The lowest BCUT2D eigenvalue weighted by molar-refractivity contribution is -0.128. The molecule has 7 nitrogen and oxygen atoms in total. The normalized spacial score (nSPS) is 15.3. The van der Waals surface area contributed by atoms with Gasteiger partial charge in [0.15, 0.2) is 0 Å². The molecule has 1 saturated heterocycles. The van der Waals surface area contributed by atoms with Gasteiger partial charge in [0.2, 0.25) is 0 Å². The quantitative estimate of drug-likeness (QED) is 0.871. The van der Waals surface area contributed by atoms with Gasteiger partial charge in [-0.25, -0.2) is 4.79 Å². The summed E-state index contributed by atoms with van der Waals surface area (Å²) in [5, 5.41) is 9.97. The van der Waals surface area contributed by atoms with Crippen molar-refractivity contribution in [1.82, 2.24) is 20.0 Å². The van der Waals surface area contributed by atoms with Gasteiger partial charge in [0.1, 0.15) is 6.04 Å². The van der Waals surface area contributed by atoms with Crippen LogP contribution in [-0.4, -0.2) is 45.8 Å². The smallest absolute Gasteiger partial charge is 0.324 e. The number of urea groups is 1. The molecule has 1 fully saturated rings. The second kappa shape index (κ2) is 6.51. The maximum absolute atomic E-state index is 12.3. The van der Waals surface area contributed by atoms with Gasteiger partial charge >= 0.3 is 6.03 Å². The summed E-state index contributed by atoms with van der Waals surface area (Å²) in [5.74, 6) is -0.225. The highest BCUT2D eigenvalue weighted by Gasteiger charge is 2.29. The largest absolute Gasteiger partial charge is 0.374 e. The topological polar surface area (TPSA) is 79.3 Å². The average Bonchev–Trinajstić information content (AvgIpc) is 3.18. The molecule has 1 aromatic carbocycles. The predicted molar refractivity (Wildman–Crippen MR) is 86.0 cm³/mol. The first-order valence-electron chi connectivity index (χ1n) is 7.55. The van der Waals surface area contributed by atoms with Crippen LogP contribution >= 0.6 is 0 Å². The number of amides is 3. The van der Waals surface area contributed by atoms with Crippen molar-refractivity contribution in [1.29, 1.82) is 0 Å². The molecular formula is C16H19N5O2. The molecule has 3 amide bonds. The SMILES string of the molecule is CC(Nc1cccc(Cn2cccn2)c1)C(=O)N1CCNC1=O. The maximum atomic E-state index is 12.3. The third-order valence-electron chi connectivity index (χ3n) is 3.71. The third kappa shape index (κ3) is 3.50. The molecule has 2 heterocycles. The zero-order valence-corrected chi connectivity index (χ0v) is 12.9. The summed E-state index contributed by atoms with van der Waals surface area (Å²) in [5.41, 5.74) is 1.92. The lowest BCUT2D eigenvalue weighted by Crippen LogP contribution is -2.43. The number of nitrogens with one attached hydrogen (secondary N) is 2. The standard InChI is InChI=1S/C16H19N5O2/c1-12(15(22)21-9-7-17-16(21)23)19-14-5-2-4-13(10-14)11-20-8-3-6-18-20/h2-6,8,10,12,19H,7,9,11H2,1H3,(H,17,23). The van der Waals surface area contributed by atoms with Gasteiger partial charge in [-0.05, 0) is 30.7 Å². The van der Waals surface area contributed by atoms with Crippen LogP contribution in [0, 0.1) is 0 Å². The number of benzene rings is 1. The summed E-state index contributed by atoms with van der Waals surface area (Å²) in [4.78, 5) is 25.1. The van der Waals surface area contributed by atoms with Crippen molar-refractivity contribution in [3.05, 3.63) is 48.3 Å². The molecule has 1 aromatic heterocycles. The Labute approximate surface area is 134 Å². The van der Waals surface area contributed by atoms with Gasteiger partial charge < -0.3 is 10.6 Å². The number of nitrogens with zero attached hydrogens (tertiary/aromatic N) is 3. The number of aromatic nitrogens is 2. The van der Waals surface area contributed by atoms with Crippen LogP contribution in [0.5, 0.6) is 0 Å². The first kappa shape index (κ1) is 15.1. The van der Waals surface area contributed by atoms with Gasteiger partial charge in [0, 0.05) is 31.2 Å². The minimum Gasteiger partial charge on any atom is -0.374 e. The van der Waals surface area contributed by atoms with E-state index >= 15 is 0 Å². The fraction of sp³-hybridized carbons (Fsp3) is 0.312. The van der Waals surface area contributed by atoms with Crippen molar-refractivity contribution in [2.24, 2.45) is 0 Å². The van der Waals surface area contributed by atoms with Gasteiger partial charge in [0.25, 0.3) is 5.91 Å². The molecule has 7 heteroatoms. The number of imide groups is 1. The fourth-order valence-electron chi connectivity index (χ4n) is 2.57. The van der Waals surface area contributed by atoms with Crippen LogP contribution in [-0.2, 0) is 11.3 Å². The van der Waals surface area contributed by atoms with Gasteiger partial charge in [0.05, 0.1) is 6.54 Å². The molecule has 1 aliphatic heterocycles. The molecule has 3 rings (SSSR count). The summed E-state index contributed by atoms with van der Waals surface area (Å²) < 4.78 is 1.84. The average molecular weight is 313 g/mol. The Morgan fingerprint density at radius 3 is 3.00 bits per heavy atom. The van der Waals surface area contributed by atoms with E-state index in [0.29, 0.717) is 19.6 Å². The lowest BCUT2D eigenvalue weighted by Gasteiger charge is -2.20.